The number of fused-ring (bicyclic) bond motifs is 2. The van der Waals surface area contributed by atoms with E-state index in [2.05, 4.69) is 69.4 Å². The summed E-state index contributed by atoms with van der Waals surface area (Å²) in [5.74, 6) is 0. The molecule has 1 nitrogen and oxygen atoms in total. The van der Waals surface area contributed by atoms with Crippen LogP contribution in [0.5, 0.6) is 0 Å². The van der Waals surface area contributed by atoms with Gasteiger partial charge in [-0.2, -0.15) is 0 Å². The topological polar surface area (TPSA) is 3.24 Å². The molecule has 0 unspecified atom stereocenters. The molecule has 0 saturated carbocycles. The van der Waals surface area contributed by atoms with E-state index in [0.717, 1.165) is 31.1 Å². The molecule has 2 heteroatoms. The van der Waals surface area contributed by atoms with E-state index in [1.54, 1.807) is 0 Å². The first kappa shape index (κ1) is 12.7. The van der Waals surface area contributed by atoms with Crippen molar-refractivity contribution in [1.82, 2.24) is 0 Å². The van der Waals surface area contributed by atoms with E-state index in [1.165, 1.54) is 22.5 Å². The lowest BCUT2D eigenvalue weighted by Gasteiger charge is -2.29. The molecule has 98 valence electrons. The fourth-order valence-corrected chi connectivity index (χ4v) is 3.04. The van der Waals surface area contributed by atoms with Gasteiger partial charge in [0.1, 0.15) is 0 Å². The molecular weight excluding hydrogens is 298 g/mol. The zero-order valence-electron chi connectivity index (χ0n) is 11.0. The number of allylic oxidation sites excluding steroid dienone is 5. The van der Waals surface area contributed by atoms with Gasteiger partial charge in [-0.25, -0.2) is 0 Å². The number of rotatable bonds is 3. The third-order valence-electron chi connectivity index (χ3n) is 3.71. The smallest absolute Gasteiger partial charge is 0.0446 e. The first-order valence-electron chi connectivity index (χ1n) is 6.88. The predicted octanol–water partition coefficient (Wildman–Crippen LogP) is 4.60. The maximum absolute atomic E-state index is 3.55. The largest absolute Gasteiger partial charge is 0.341 e. The number of hydrogen-bond acceptors (Lipinski definition) is 1. The predicted molar refractivity (Wildman–Crippen MR) is 85.8 cm³/mol. The molecule has 1 aliphatic carbocycles. The average molecular weight is 316 g/mol. The Labute approximate surface area is 123 Å². The van der Waals surface area contributed by atoms with Crippen LogP contribution in [0.2, 0.25) is 0 Å². The van der Waals surface area contributed by atoms with Gasteiger partial charge in [-0.3, -0.25) is 0 Å². The highest BCUT2D eigenvalue weighted by Gasteiger charge is 2.21. The summed E-state index contributed by atoms with van der Waals surface area (Å²) in [6, 6.07) is 8.78. The lowest BCUT2D eigenvalue weighted by molar-refractivity contribution is 0.856. The summed E-state index contributed by atoms with van der Waals surface area (Å²) in [4.78, 5) is 2.49. The maximum atomic E-state index is 3.55. The summed E-state index contributed by atoms with van der Waals surface area (Å²) >= 11 is 3.55. The number of para-hydroxylation sites is 1. The summed E-state index contributed by atoms with van der Waals surface area (Å²) in [6.45, 7) is 1.07. The van der Waals surface area contributed by atoms with Crippen molar-refractivity contribution in [2.75, 3.05) is 16.8 Å². The van der Waals surface area contributed by atoms with Crippen molar-refractivity contribution in [3.63, 3.8) is 0 Å². The zero-order chi connectivity index (χ0) is 13.1. The van der Waals surface area contributed by atoms with Gasteiger partial charge in [0.15, 0.2) is 0 Å². The van der Waals surface area contributed by atoms with Crippen LogP contribution in [-0.2, 0) is 6.42 Å². The summed E-state index contributed by atoms with van der Waals surface area (Å²) in [6.07, 6.45) is 12.3. The Balaban J connectivity index is 2.05. The van der Waals surface area contributed by atoms with Gasteiger partial charge in [0, 0.05) is 23.3 Å². The van der Waals surface area contributed by atoms with Crippen molar-refractivity contribution in [1.29, 1.82) is 0 Å². The highest BCUT2D eigenvalue weighted by molar-refractivity contribution is 9.09. The molecule has 19 heavy (non-hydrogen) atoms. The van der Waals surface area contributed by atoms with Gasteiger partial charge in [-0.1, -0.05) is 52.4 Å². The van der Waals surface area contributed by atoms with Crippen LogP contribution in [0, 0.1) is 0 Å². The molecule has 1 heterocycles. The van der Waals surface area contributed by atoms with Gasteiger partial charge in [-0.05, 0) is 42.5 Å². The molecule has 0 fully saturated rings. The van der Waals surface area contributed by atoms with E-state index in [9.17, 15) is 0 Å². The molecule has 0 aromatic heterocycles. The quantitative estimate of drug-likeness (QED) is 0.736. The highest BCUT2D eigenvalue weighted by atomic mass is 79.9. The van der Waals surface area contributed by atoms with Crippen molar-refractivity contribution >= 4 is 21.6 Å². The molecule has 0 spiro atoms. The molecule has 2 aliphatic rings. The average Bonchev–Trinajstić information content (AvgIpc) is 2.62. The normalized spacial score (nSPS) is 17.2. The number of benzene rings is 1. The fraction of sp³-hybridized carbons (Fsp3) is 0.294. The van der Waals surface area contributed by atoms with Gasteiger partial charge >= 0.3 is 0 Å². The van der Waals surface area contributed by atoms with Crippen LogP contribution in [-0.4, -0.2) is 11.9 Å². The Morgan fingerprint density at radius 2 is 2.05 bits per heavy atom. The maximum Gasteiger partial charge on any atom is 0.0446 e. The third-order valence-corrected chi connectivity index (χ3v) is 4.27. The number of nitrogens with zero attached hydrogens (tertiary/aromatic N) is 1. The molecule has 1 aromatic carbocycles. The van der Waals surface area contributed by atoms with E-state index in [4.69, 9.17) is 0 Å². The second kappa shape index (κ2) is 5.79. The standard InChI is InChI=1S/C17H18BrN/c18-12-5-13-19-16-8-3-1-6-14(16)10-11-15-7-2-4-9-17(15)19/h1-4,6,8-9,11H,5,7,10,12-13H2. The van der Waals surface area contributed by atoms with Crippen LogP contribution >= 0.6 is 15.9 Å². The Morgan fingerprint density at radius 1 is 1.16 bits per heavy atom. The number of alkyl halides is 1. The Bertz CT molecular complexity index is 554. The van der Waals surface area contributed by atoms with E-state index in [-0.39, 0.29) is 0 Å². The second-order valence-electron chi connectivity index (χ2n) is 4.94. The molecule has 0 amide bonds. The van der Waals surface area contributed by atoms with E-state index < -0.39 is 0 Å². The minimum Gasteiger partial charge on any atom is -0.341 e. The molecule has 0 radical (unpaired) electrons. The van der Waals surface area contributed by atoms with E-state index in [1.807, 2.05) is 0 Å². The number of halogens is 1. The van der Waals surface area contributed by atoms with Gasteiger partial charge < -0.3 is 4.90 Å². The van der Waals surface area contributed by atoms with Crippen molar-refractivity contribution in [3.8, 4) is 0 Å². The minimum atomic E-state index is 1.04. The van der Waals surface area contributed by atoms with Crippen molar-refractivity contribution in [2.45, 2.75) is 19.3 Å². The Morgan fingerprint density at radius 3 is 2.95 bits per heavy atom. The van der Waals surface area contributed by atoms with Gasteiger partial charge in [0.05, 0.1) is 0 Å². The minimum absolute atomic E-state index is 1.04. The lowest BCUT2D eigenvalue weighted by atomic mass is 10.0. The van der Waals surface area contributed by atoms with Crippen molar-refractivity contribution in [3.05, 3.63) is 65.4 Å². The molecule has 0 N–H and O–H groups in total. The van der Waals surface area contributed by atoms with E-state index in [0.29, 0.717) is 0 Å². The summed E-state index contributed by atoms with van der Waals surface area (Å²) in [5, 5.41) is 1.05. The molecule has 0 bridgehead atoms. The van der Waals surface area contributed by atoms with Crippen molar-refractivity contribution in [2.24, 2.45) is 0 Å². The Kier molecular flexibility index (Phi) is 3.88. The number of hydrogen-bond donors (Lipinski definition) is 0. The fourth-order valence-electron chi connectivity index (χ4n) is 2.79. The summed E-state index contributed by atoms with van der Waals surface area (Å²) < 4.78 is 0. The van der Waals surface area contributed by atoms with Gasteiger partial charge in [0.25, 0.3) is 0 Å². The zero-order valence-corrected chi connectivity index (χ0v) is 12.6. The molecule has 1 aliphatic heterocycles. The first-order valence-corrected chi connectivity index (χ1v) is 8.00. The van der Waals surface area contributed by atoms with Crippen molar-refractivity contribution < 1.29 is 0 Å². The second-order valence-corrected chi connectivity index (χ2v) is 5.73. The monoisotopic (exact) mass is 315 g/mol. The van der Waals surface area contributed by atoms with Crippen LogP contribution < -0.4 is 4.90 Å². The molecule has 0 saturated heterocycles. The molecule has 3 rings (SSSR count). The lowest BCUT2D eigenvalue weighted by Crippen LogP contribution is -2.25. The SMILES string of the molecule is BrCCCN1C2=CC=CCC2=CCc2ccccc21. The van der Waals surface area contributed by atoms with E-state index >= 15 is 0 Å². The van der Waals surface area contributed by atoms with Gasteiger partial charge in [0.2, 0.25) is 0 Å². The molecular formula is C17H18BrN. The number of anilines is 1. The van der Waals surface area contributed by atoms with Crippen LogP contribution in [0.1, 0.15) is 18.4 Å². The van der Waals surface area contributed by atoms with Crippen LogP contribution in [0.4, 0.5) is 5.69 Å². The highest BCUT2D eigenvalue weighted by Crippen LogP contribution is 2.34. The first-order chi connectivity index (χ1) is 9.40. The third kappa shape index (κ3) is 2.55. The van der Waals surface area contributed by atoms with Crippen LogP contribution in [0.25, 0.3) is 0 Å². The summed E-state index contributed by atoms with van der Waals surface area (Å²) in [7, 11) is 0. The Hall–Kier alpha value is -1.28. The van der Waals surface area contributed by atoms with Crippen LogP contribution in [0.3, 0.4) is 0 Å². The summed E-state index contributed by atoms with van der Waals surface area (Å²) in [5.41, 5.74) is 5.65. The molecule has 0 atom stereocenters. The molecule has 1 aromatic rings. The van der Waals surface area contributed by atoms with Gasteiger partial charge in [-0.15, -0.1) is 0 Å². The van der Waals surface area contributed by atoms with Crippen LogP contribution in [0.15, 0.2) is 59.8 Å².